The molecule has 0 aliphatic heterocycles. The molecular weight excluding hydrogens is 301 g/mol. The number of halogens is 3. The van der Waals surface area contributed by atoms with Gasteiger partial charge in [-0.2, -0.15) is 13.2 Å². The number of fused-ring (bicyclic) bond motifs is 1. The molecule has 3 rings (SSSR count). The molecule has 0 atom stereocenters. The Balaban J connectivity index is 1.91. The van der Waals surface area contributed by atoms with Crippen LogP contribution in [0.4, 0.5) is 29.8 Å². The Kier molecular flexibility index (Phi) is 3.17. The van der Waals surface area contributed by atoms with Gasteiger partial charge in [-0.15, -0.1) is 0 Å². The number of aromatic nitrogens is 2. The van der Waals surface area contributed by atoms with Crippen LogP contribution < -0.4 is 11.1 Å². The molecule has 8 heteroatoms. The van der Waals surface area contributed by atoms with Gasteiger partial charge < -0.3 is 11.1 Å². The van der Waals surface area contributed by atoms with Crippen molar-refractivity contribution in [2.45, 2.75) is 6.18 Å². The SMILES string of the molecule is Nc1nc2ccc(Nc3cccc(C(F)(F)F)n3)cc2s1. The summed E-state index contributed by atoms with van der Waals surface area (Å²) in [4.78, 5) is 7.66. The van der Waals surface area contributed by atoms with Crippen molar-refractivity contribution in [2.75, 3.05) is 11.1 Å². The number of thiazole rings is 1. The Hall–Kier alpha value is -2.35. The molecule has 0 unspecified atom stereocenters. The van der Waals surface area contributed by atoms with Gasteiger partial charge >= 0.3 is 6.18 Å². The first kappa shape index (κ1) is 13.6. The normalized spacial score (nSPS) is 11.8. The van der Waals surface area contributed by atoms with Crippen molar-refractivity contribution in [3.63, 3.8) is 0 Å². The number of benzene rings is 1. The number of hydrogen-bond acceptors (Lipinski definition) is 5. The molecule has 4 nitrogen and oxygen atoms in total. The van der Waals surface area contributed by atoms with Gasteiger partial charge in [-0.05, 0) is 30.3 Å². The molecule has 3 aromatic rings. The minimum absolute atomic E-state index is 0.127. The zero-order chi connectivity index (χ0) is 15.0. The summed E-state index contributed by atoms with van der Waals surface area (Å²) in [6.07, 6.45) is -4.46. The summed E-state index contributed by atoms with van der Waals surface area (Å²) in [6.45, 7) is 0. The summed E-state index contributed by atoms with van der Waals surface area (Å²) < 4.78 is 38.7. The minimum atomic E-state index is -4.46. The Bertz CT molecular complexity index is 797. The average Bonchev–Trinajstić information content (AvgIpc) is 2.77. The monoisotopic (exact) mass is 310 g/mol. The molecular formula is C13H9F3N4S. The maximum Gasteiger partial charge on any atom is 0.433 e. The first-order valence-corrected chi connectivity index (χ1v) is 6.71. The van der Waals surface area contributed by atoms with E-state index in [4.69, 9.17) is 5.73 Å². The molecule has 2 aromatic heterocycles. The lowest BCUT2D eigenvalue weighted by Gasteiger charge is -2.09. The van der Waals surface area contributed by atoms with Crippen LogP contribution in [0.3, 0.4) is 0 Å². The number of hydrogen-bond donors (Lipinski definition) is 2. The largest absolute Gasteiger partial charge is 0.433 e. The van der Waals surface area contributed by atoms with Crippen LogP contribution in [0.1, 0.15) is 5.69 Å². The van der Waals surface area contributed by atoms with Gasteiger partial charge in [-0.25, -0.2) is 9.97 Å². The van der Waals surface area contributed by atoms with E-state index < -0.39 is 11.9 Å². The maximum absolute atomic E-state index is 12.6. The number of nitrogens with zero attached hydrogens (tertiary/aromatic N) is 2. The van der Waals surface area contributed by atoms with Crippen molar-refractivity contribution < 1.29 is 13.2 Å². The number of pyridine rings is 1. The van der Waals surface area contributed by atoms with E-state index in [0.29, 0.717) is 10.8 Å². The highest BCUT2D eigenvalue weighted by atomic mass is 32.1. The van der Waals surface area contributed by atoms with Crippen molar-refractivity contribution in [2.24, 2.45) is 0 Å². The van der Waals surface area contributed by atoms with Gasteiger partial charge in [0.15, 0.2) is 5.13 Å². The van der Waals surface area contributed by atoms with Crippen LogP contribution in [0.25, 0.3) is 10.2 Å². The first-order valence-electron chi connectivity index (χ1n) is 5.89. The number of anilines is 3. The molecule has 0 saturated carbocycles. The average molecular weight is 310 g/mol. The highest BCUT2D eigenvalue weighted by Crippen LogP contribution is 2.30. The second-order valence-electron chi connectivity index (χ2n) is 4.27. The lowest BCUT2D eigenvalue weighted by molar-refractivity contribution is -0.141. The molecule has 0 amide bonds. The zero-order valence-corrected chi connectivity index (χ0v) is 11.3. The fourth-order valence-electron chi connectivity index (χ4n) is 1.83. The van der Waals surface area contributed by atoms with Crippen LogP contribution in [0.15, 0.2) is 36.4 Å². The van der Waals surface area contributed by atoms with Crippen LogP contribution in [0.5, 0.6) is 0 Å². The van der Waals surface area contributed by atoms with Crippen molar-refractivity contribution in [1.82, 2.24) is 9.97 Å². The molecule has 0 aliphatic rings. The van der Waals surface area contributed by atoms with Crippen molar-refractivity contribution in [1.29, 1.82) is 0 Å². The summed E-state index contributed by atoms with van der Waals surface area (Å²) in [5, 5.41) is 3.29. The predicted octanol–water partition coefficient (Wildman–Crippen LogP) is 4.04. The molecule has 1 aromatic carbocycles. The molecule has 3 N–H and O–H groups in total. The fraction of sp³-hybridized carbons (Fsp3) is 0.0769. The Morgan fingerprint density at radius 3 is 2.67 bits per heavy atom. The Morgan fingerprint density at radius 1 is 1.10 bits per heavy atom. The number of rotatable bonds is 2. The van der Waals surface area contributed by atoms with E-state index in [0.717, 1.165) is 16.3 Å². The van der Waals surface area contributed by atoms with Gasteiger partial charge in [-0.1, -0.05) is 17.4 Å². The molecule has 0 spiro atoms. The van der Waals surface area contributed by atoms with Gasteiger partial charge in [-0.3, -0.25) is 0 Å². The molecule has 0 aliphatic carbocycles. The van der Waals surface area contributed by atoms with E-state index in [9.17, 15) is 13.2 Å². The van der Waals surface area contributed by atoms with Crippen molar-refractivity contribution in [3.05, 3.63) is 42.1 Å². The number of alkyl halides is 3. The van der Waals surface area contributed by atoms with E-state index in [1.165, 1.54) is 23.5 Å². The molecule has 0 radical (unpaired) electrons. The lowest BCUT2D eigenvalue weighted by Crippen LogP contribution is -2.08. The van der Waals surface area contributed by atoms with Crippen LogP contribution >= 0.6 is 11.3 Å². The van der Waals surface area contributed by atoms with Gasteiger partial charge in [0.05, 0.1) is 10.2 Å². The maximum atomic E-state index is 12.6. The third kappa shape index (κ3) is 2.89. The Labute approximate surface area is 121 Å². The molecule has 108 valence electrons. The summed E-state index contributed by atoms with van der Waals surface area (Å²) in [5.41, 5.74) is 6.05. The molecule has 0 bridgehead atoms. The molecule has 21 heavy (non-hydrogen) atoms. The number of nitrogens with two attached hydrogens (primary N) is 1. The van der Waals surface area contributed by atoms with E-state index in [1.54, 1.807) is 18.2 Å². The van der Waals surface area contributed by atoms with Gasteiger partial charge in [0.1, 0.15) is 11.5 Å². The summed E-state index contributed by atoms with van der Waals surface area (Å²) in [7, 11) is 0. The molecule has 0 saturated heterocycles. The van der Waals surface area contributed by atoms with E-state index in [-0.39, 0.29) is 5.82 Å². The number of nitrogens with one attached hydrogen (secondary N) is 1. The highest BCUT2D eigenvalue weighted by Gasteiger charge is 2.32. The van der Waals surface area contributed by atoms with Crippen LogP contribution in [0.2, 0.25) is 0 Å². The lowest BCUT2D eigenvalue weighted by atomic mass is 10.3. The minimum Gasteiger partial charge on any atom is -0.375 e. The number of nitrogen functional groups attached to an aromatic ring is 1. The van der Waals surface area contributed by atoms with E-state index >= 15 is 0 Å². The van der Waals surface area contributed by atoms with Crippen LogP contribution in [0, 0.1) is 0 Å². The van der Waals surface area contributed by atoms with Crippen molar-refractivity contribution in [3.8, 4) is 0 Å². The fourth-order valence-corrected chi connectivity index (χ4v) is 2.60. The second kappa shape index (κ2) is 4.88. The molecule has 2 heterocycles. The quantitative estimate of drug-likeness (QED) is 0.750. The van der Waals surface area contributed by atoms with E-state index in [2.05, 4.69) is 15.3 Å². The standard InChI is InChI=1S/C13H9F3N4S/c14-13(15,16)10-2-1-3-11(20-10)18-7-4-5-8-9(6-7)21-12(17)19-8/h1-6H,(H2,17,19)(H,18,20). The zero-order valence-electron chi connectivity index (χ0n) is 10.5. The third-order valence-electron chi connectivity index (χ3n) is 2.72. The van der Waals surface area contributed by atoms with E-state index in [1.807, 2.05) is 0 Å². The van der Waals surface area contributed by atoms with Crippen LogP contribution in [-0.4, -0.2) is 9.97 Å². The third-order valence-corrected chi connectivity index (χ3v) is 3.56. The second-order valence-corrected chi connectivity index (χ2v) is 5.33. The highest BCUT2D eigenvalue weighted by molar-refractivity contribution is 7.22. The first-order chi connectivity index (χ1) is 9.91. The van der Waals surface area contributed by atoms with Gasteiger partial charge in [0.2, 0.25) is 0 Å². The Morgan fingerprint density at radius 2 is 1.90 bits per heavy atom. The predicted molar refractivity (Wildman–Crippen MR) is 76.6 cm³/mol. The van der Waals surface area contributed by atoms with Gasteiger partial charge in [0.25, 0.3) is 0 Å². The summed E-state index contributed by atoms with van der Waals surface area (Å²) >= 11 is 1.31. The van der Waals surface area contributed by atoms with Gasteiger partial charge in [0, 0.05) is 5.69 Å². The summed E-state index contributed by atoms with van der Waals surface area (Å²) in [6, 6.07) is 8.94. The van der Waals surface area contributed by atoms with Crippen molar-refractivity contribution >= 4 is 38.2 Å². The summed E-state index contributed by atoms with van der Waals surface area (Å²) in [5.74, 6) is 0.127. The topological polar surface area (TPSA) is 63.8 Å². The van der Waals surface area contributed by atoms with Crippen LogP contribution in [-0.2, 0) is 6.18 Å². The smallest absolute Gasteiger partial charge is 0.375 e. The molecule has 0 fully saturated rings.